The molecule has 0 saturated heterocycles. The maximum absolute atomic E-state index is 11.8. The summed E-state index contributed by atoms with van der Waals surface area (Å²) < 4.78 is 0. The number of carbonyl (C=O) groups is 2. The molecule has 1 aliphatic rings. The minimum Gasteiger partial charge on any atom is -0.508 e. The number of benzene rings is 1. The zero-order valence-corrected chi connectivity index (χ0v) is 11.4. The van der Waals surface area contributed by atoms with Crippen molar-refractivity contribution < 1.29 is 14.7 Å². The molecule has 0 aliphatic heterocycles. The van der Waals surface area contributed by atoms with Gasteiger partial charge < -0.3 is 15.7 Å². The first kappa shape index (κ1) is 14.4. The van der Waals surface area contributed by atoms with E-state index in [-0.39, 0.29) is 11.8 Å². The third-order valence-corrected chi connectivity index (χ3v) is 3.52. The fourth-order valence-electron chi connectivity index (χ4n) is 2.41. The average Bonchev–Trinajstić information content (AvgIpc) is 2.70. The van der Waals surface area contributed by atoms with Gasteiger partial charge in [-0.15, -0.1) is 0 Å². The number of phenols is 1. The molecule has 20 heavy (non-hydrogen) atoms. The highest BCUT2D eigenvalue weighted by Gasteiger charge is 2.19. The highest BCUT2D eigenvalue weighted by molar-refractivity contribution is 6.39. The Bertz CT molecular complexity index is 463. The Morgan fingerprint density at radius 3 is 2.15 bits per heavy atom. The molecule has 0 aromatic heterocycles. The minimum atomic E-state index is -0.667. The number of carbonyl (C=O) groups excluding carboxylic acids is 2. The van der Waals surface area contributed by atoms with Gasteiger partial charge in [-0.2, -0.15) is 0 Å². The van der Waals surface area contributed by atoms with Gasteiger partial charge in [-0.3, -0.25) is 9.59 Å². The summed E-state index contributed by atoms with van der Waals surface area (Å²) >= 11 is 0. The number of amides is 2. The molecule has 0 heterocycles. The molecular weight excluding hydrogens is 256 g/mol. The van der Waals surface area contributed by atoms with Crippen LogP contribution in [0.4, 0.5) is 5.69 Å². The first-order valence-corrected chi connectivity index (χ1v) is 7.06. The van der Waals surface area contributed by atoms with E-state index in [1.807, 2.05) is 0 Å². The van der Waals surface area contributed by atoms with Crippen molar-refractivity contribution in [1.82, 2.24) is 5.32 Å². The molecular formula is C15H20N2O3. The smallest absolute Gasteiger partial charge is 0.313 e. The topological polar surface area (TPSA) is 78.4 Å². The quantitative estimate of drug-likeness (QED) is 0.440. The SMILES string of the molecule is O=C(Nc1ccc(O)cc1)C(=O)NC1CCCCCC1. The molecule has 2 rings (SSSR count). The number of hydrogen-bond acceptors (Lipinski definition) is 3. The van der Waals surface area contributed by atoms with Gasteiger partial charge in [0.25, 0.3) is 0 Å². The van der Waals surface area contributed by atoms with Crippen molar-refractivity contribution in [3.8, 4) is 5.75 Å². The van der Waals surface area contributed by atoms with E-state index in [2.05, 4.69) is 10.6 Å². The lowest BCUT2D eigenvalue weighted by molar-refractivity contribution is -0.136. The van der Waals surface area contributed by atoms with Gasteiger partial charge in [0, 0.05) is 11.7 Å². The average molecular weight is 276 g/mol. The Hall–Kier alpha value is -2.04. The monoisotopic (exact) mass is 276 g/mol. The second kappa shape index (κ2) is 6.93. The fraction of sp³-hybridized carbons (Fsp3) is 0.467. The third kappa shape index (κ3) is 4.26. The van der Waals surface area contributed by atoms with Crippen molar-refractivity contribution in [1.29, 1.82) is 0 Å². The maximum Gasteiger partial charge on any atom is 0.313 e. The number of nitrogens with one attached hydrogen (secondary N) is 2. The zero-order valence-electron chi connectivity index (χ0n) is 11.4. The van der Waals surface area contributed by atoms with Gasteiger partial charge in [-0.1, -0.05) is 25.7 Å². The van der Waals surface area contributed by atoms with Crippen molar-refractivity contribution in [2.45, 2.75) is 44.6 Å². The molecule has 2 amide bonds. The summed E-state index contributed by atoms with van der Waals surface area (Å²) in [5.41, 5.74) is 0.490. The molecule has 5 heteroatoms. The van der Waals surface area contributed by atoms with E-state index in [1.165, 1.54) is 25.0 Å². The summed E-state index contributed by atoms with van der Waals surface area (Å²) in [6.07, 6.45) is 6.49. The molecule has 1 aliphatic carbocycles. The van der Waals surface area contributed by atoms with Gasteiger partial charge in [0.2, 0.25) is 0 Å². The summed E-state index contributed by atoms with van der Waals surface area (Å²) in [6, 6.07) is 6.12. The Kier molecular flexibility index (Phi) is 4.98. The summed E-state index contributed by atoms with van der Waals surface area (Å²) in [4.78, 5) is 23.6. The van der Waals surface area contributed by atoms with Crippen LogP contribution in [0.1, 0.15) is 38.5 Å². The van der Waals surface area contributed by atoms with Crippen molar-refractivity contribution >= 4 is 17.5 Å². The second-order valence-corrected chi connectivity index (χ2v) is 5.16. The van der Waals surface area contributed by atoms with E-state index in [9.17, 15) is 9.59 Å². The van der Waals surface area contributed by atoms with Gasteiger partial charge in [-0.05, 0) is 37.1 Å². The molecule has 5 nitrogen and oxygen atoms in total. The molecule has 1 aromatic rings. The number of rotatable bonds is 2. The molecule has 1 saturated carbocycles. The normalized spacial score (nSPS) is 16.2. The van der Waals surface area contributed by atoms with Crippen molar-refractivity contribution in [3.63, 3.8) is 0 Å². The van der Waals surface area contributed by atoms with Crippen molar-refractivity contribution in [2.24, 2.45) is 0 Å². The van der Waals surface area contributed by atoms with Crippen LogP contribution in [0, 0.1) is 0 Å². The van der Waals surface area contributed by atoms with Crippen LogP contribution in [0.25, 0.3) is 0 Å². The maximum atomic E-state index is 11.8. The van der Waals surface area contributed by atoms with Crippen LogP contribution < -0.4 is 10.6 Å². The summed E-state index contributed by atoms with van der Waals surface area (Å²) in [5.74, 6) is -1.14. The van der Waals surface area contributed by atoms with E-state index in [4.69, 9.17) is 5.11 Å². The van der Waals surface area contributed by atoms with Crippen LogP contribution in [-0.4, -0.2) is 23.0 Å². The molecule has 1 fully saturated rings. The number of hydrogen-bond donors (Lipinski definition) is 3. The third-order valence-electron chi connectivity index (χ3n) is 3.52. The van der Waals surface area contributed by atoms with Crippen LogP contribution in [0.3, 0.4) is 0 Å². The minimum absolute atomic E-state index is 0.107. The van der Waals surface area contributed by atoms with E-state index >= 15 is 0 Å². The zero-order chi connectivity index (χ0) is 14.4. The number of phenolic OH excluding ortho intramolecular Hbond substituents is 1. The fourth-order valence-corrected chi connectivity index (χ4v) is 2.41. The van der Waals surface area contributed by atoms with E-state index in [0.29, 0.717) is 5.69 Å². The van der Waals surface area contributed by atoms with Crippen LogP contribution >= 0.6 is 0 Å². The predicted molar refractivity (Wildman–Crippen MR) is 76.4 cm³/mol. The lowest BCUT2D eigenvalue weighted by Gasteiger charge is -2.15. The molecule has 1 aromatic carbocycles. The van der Waals surface area contributed by atoms with Gasteiger partial charge in [0.15, 0.2) is 0 Å². The number of aromatic hydroxyl groups is 1. The molecule has 108 valence electrons. The van der Waals surface area contributed by atoms with Gasteiger partial charge in [0.1, 0.15) is 5.75 Å². The van der Waals surface area contributed by atoms with E-state index in [1.54, 1.807) is 12.1 Å². The van der Waals surface area contributed by atoms with Crippen molar-refractivity contribution in [2.75, 3.05) is 5.32 Å². The molecule has 3 N–H and O–H groups in total. The lowest BCUT2D eigenvalue weighted by atomic mass is 10.1. The Labute approximate surface area is 118 Å². The van der Waals surface area contributed by atoms with Crippen LogP contribution in [0.5, 0.6) is 5.75 Å². The van der Waals surface area contributed by atoms with E-state index < -0.39 is 11.8 Å². The number of anilines is 1. The summed E-state index contributed by atoms with van der Waals surface area (Å²) in [5, 5.41) is 14.5. The van der Waals surface area contributed by atoms with Crippen LogP contribution in [-0.2, 0) is 9.59 Å². The molecule has 0 unspecified atom stereocenters. The van der Waals surface area contributed by atoms with Crippen molar-refractivity contribution in [3.05, 3.63) is 24.3 Å². The lowest BCUT2D eigenvalue weighted by Crippen LogP contribution is -2.41. The highest BCUT2D eigenvalue weighted by Crippen LogP contribution is 2.17. The highest BCUT2D eigenvalue weighted by atomic mass is 16.3. The molecule has 0 atom stereocenters. The van der Waals surface area contributed by atoms with Gasteiger partial charge in [0.05, 0.1) is 0 Å². The summed E-state index contributed by atoms with van der Waals surface area (Å²) in [7, 11) is 0. The Morgan fingerprint density at radius 2 is 1.55 bits per heavy atom. The Balaban J connectivity index is 1.85. The molecule has 0 radical (unpaired) electrons. The standard InChI is InChI=1S/C15H20N2O3/c18-13-9-7-12(8-10-13)17-15(20)14(19)16-11-5-3-1-2-4-6-11/h7-11,18H,1-6H2,(H,16,19)(H,17,20). The second-order valence-electron chi connectivity index (χ2n) is 5.16. The van der Waals surface area contributed by atoms with E-state index in [0.717, 1.165) is 25.7 Å². The van der Waals surface area contributed by atoms with Gasteiger partial charge in [-0.25, -0.2) is 0 Å². The predicted octanol–water partition coefficient (Wildman–Crippen LogP) is 2.17. The first-order chi connectivity index (χ1) is 9.65. The molecule has 0 spiro atoms. The first-order valence-electron chi connectivity index (χ1n) is 7.06. The molecule has 0 bridgehead atoms. The van der Waals surface area contributed by atoms with Crippen LogP contribution in [0.15, 0.2) is 24.3 Å². The largest absolute Gasteiger partial charge is 0.508 e. The Morgan fingerprint density at radius 1 is 0.950 bits per heavy atom. The van der Waals surface area contributed by atoms with Crippen LogP contribution in [0.2, 0.25) is 0 Å². The summed E-state index contributed by atoms with van der Waals surface area (Å²) in [6.45, 7) is 0. The van der Waals surface area contributed by atoms with Gasteiger partial charge >= 0.3 is 11.8 Å².